The lowest BCUT2D eigenvalue weighted by Gasteiger charge is -2.30. The zero-order chi connectivity index (χ0) is 16.3. The predicted molar refractivity (Wildman–Crippen MR) is 79.5 cm³/mol. The Balaban J connectivity index is 2.26. The maximum Gasteiger partial charge on any atom is 0.310 e. The molecule has 1 saturated heterocycles. The van der Waals surface area contributed by atoms with Crippen molar-refractivity contribution in [3.8, 4) is 0 Å². The first kappa shape index (κ1) is 17.2. The zero-order valence-electron chi connectivity index (χ0n) is 12.1. The predicted octanol–water partition coefficient (Wildman–Crippen LogP) is 2.44. The topological polar surface area (TPSA) is 63.7 Å². The second kappa shape index (κ2) is 6.93. The van der Waals surface area contributed by atoms with Gasteiger partial charge >= 0.3 is 5.97 Å². The van der Waals surface area contributed by atoms with Crippen molar-refractivity contribution in [3.63, 3.8) is 0 Å². The minimum Gasteiger partial charge on any atom is -0.466 e. The fraction of sp³-hybridized carbons (Fsp3) is 0.500. The third-order valence-electron chi connectivity index (χ3n) is 3.54. The van der Waals surface area contributed by atoms with Gasteiger partial charge in [-0.2, -0.15) is 4.31 Å². The number of carbonyl (C=O) groups excluding carboxylic acids is 1. The molecule has 0 saturated carbocycles. The summed E-state index contributed by atoms with van der Waals surface area (Å²) in [6, 6.07) is 3.84. The van der Waals surface area contributed by atoms with Crippen LogP contribution in [0.5, 0.6) is 0 Å². The number of hydrogen-bond acceptors (Lipinski definition) is 4. The van der Waals surface area contributed by atoms with Crippen LogP contribution in [0.1, 0.15) is 19.8 Å². The van der Waals surface area contributed by atoms with Gasteiger partial charge in [0, 0.05) is 13.1 Å². The quantitative estimate of drug-likeness (QED) is 0.783. The van der Waals surface area contributed by atoms with E-state index in [-0.39, 0.29) is 24.7 Å². The summed E-state index contributed by atoms with van der Waals surface area (Å²) in [7, 11) is -4.03. The molecule has 1 atom stereocenters. The van der Waals surface area contributed by atoms with Gasteiger partial charge in [0.2, 0.25) is 10.0 Å². The van der Waals surface area contributed by atoms with Gasteiger partial charge in [0.05, 0.1) is 17.5 Å². The first-order chi connectivity index (χ1) is 10.4. The summed E-state index contributed by atoms with van der Waals surface area (Å²) < 4.78 is 45.2. The van der Waals surface area contributed by atoms with E-state index >= 15 is 0 Å². The fourth-order valence-corrected chi connectivity index (χ4v) is 4.28. The monoisotopic (exact) mass is 349 g/mol. The van der Waals surface area contributed by atoms with Gasteiger partial charge in [-0.05, 0) is 31.9 Å². The first-order valence-electron chi connectivity index (χ1n) is 6.98. The number of sulfonamides is 1. The summed E-state index contributed by atoms with van der Waals surface area (Å²) in [6.07, 6.45) is 1.08. The Morgan fingerprint density at radius 2 is 2.23 bits per heavy atom. The lowest BCUT2D eigenvalue weighted by Crippen LogP contribution is -2.43. The SMILES string of the molecule is CCOC(=O)[C@H]1CCCN(S(=O)(=O)c2cccc(Cl)c2F)C1. The maximum absolute atomic E-state index is 14.0. The van der Waals surface area contributed by atoms with Crippen LogP contribution in [-0.4, -0.2) is 38.4 Å². The lowest BCUT2D eigenvalue weighted by atomic mass is 10.0. The Morgan fingerprint density at radius 3 is 2.91 bits per heavy atom. The van der Waals surface area contributed by atoms with Crippen molar-refractivity contribution < 1.29 is 22.3 Å². The van der Waals surface area contributed by atoms with Gasteiger partial charge < -0.3 is 4.74 Å². The molecule has 0 aliphatic carbocycles. The minimum atomic E-state index is -4.03. The molecule has 0 spiro atoms. The average Bonchev–Trinajstić information content (AvgIpc) is 2.50. The second-order valence-electron chi connectivity index (χ2n) is 5.01. The van der Waals surface area contributed by atoms with Gasteiger partial charge in [-0.1, -0.05) is 17.7 Å². The molecule has 1 heterocycles. The van der Waals surface area contributed by atoms with Gasteiger partial charge in [0.25, 0.3) is 0 Å². The summed E-state index contributed by atoms with van der Waals surface area (Å²) >= 11 is 5.65. The molecule has 2 rings (SSSR count). The van der Waals surface area contributed by atoms with Crippen LogP contribution >= 0.6 is 11.6 Å². The van der Waals surface area contributed by atoms with Crippen LogP contribution in [-0.2, 0) is 19.6 Å². The van der Waals surface area contributed by atoms with Crippen molar-refractivity contribution in [2.75, 3.05) is 19.7 Å². The Kier molecular flexibility index (Phi) is 5.41. The molecule has 0 amide bonds. The summed E-state index contributed by atoms with van der Waals surface area (Å²) in [5.74, 6) is -1.91. The molecule has 8 heteroatoms. The van der Waals surface area contributed by atoms with Crippen LogP contribution in [0.4, 0.5) is 4.39 Å². The largest absolute Gasteiger partial charge is 0.466 e. The van der Waals surface area contributed by atoms with Crippen molar-refractivity contribution in [1.29, 1.82) is 0 Å². The minimum absolute atomic E-state index is 0.00683. The third kappa shape index (κ3) is 3.42. The number of rotatable bonds is 4. The van der Waals surface area contributed by atoms with Gasteiger partial charge in [-0.15, -0.1) is 0 Å². The van der Waals surface area contributed by atoms with E-state index in [0.29, 0.717) is 12.8 Å². The van der Waals surface area contributed by atoms with Crippen molar-refractivity contribution in [2.45, 2.75) is 24.7 Å². The highest BCUT2D eigenvalue weighted by molar-refractivity contribution is 7.89. The van der Waals surface area contributed by atoms with Crippen molar-refractivity contribution >= 4 is 27.6 Å². The molecule has 1 aromatic carbocycles. The van der Waals surface area contributed by atoms with E-state index in [1.807, 2.05) is 0 Å². The number of benzene rings is 1. The maximum atomic E-state index is 14.0. The van der Waals surface area contributed by atoms with Crippen molar-refractivity contribution in [2.24, 2.45) is 5.92 Å². The molecule has 22 heavy (non-hydrogen) atoms. The van der Waals surface area contributed by atoms with Crippen LogP contribution in [0, 0.1) is 11.7 Å². The van der Waals surface area contributed by atoms with Gasteiger partial charge in [-0.25, -0.2) is 12.8 Å². The Bertz CT molecular complexity index is 665. The van der Waals surface area contributed by atoms with E-state index in [9.17, 15) is 17.6 Å². The van der Waals surface area contributed by atoms with E-state index in [2.05, 4.69) is 0 Å². The molecule has 0 bridgehead atoms. The highest BCUT2D eigenvalue weighted by Gasteiger charge is 2.35. The van der Waals surface area contributed by atoms with Crippen LogP contribution in [0.2, 0.25) is 5.02 Å². The van der Waals surface area contributed by atoms with E-state index in [0.717, 1.165) is 4.31 Å². The molecular weight excluding hydrogens is 333 g/mol. The van der Waals surface area contributed by atoms with Gasteiger partial charge in [-0.3, -0.25) is 4.79 Å². The molecule has 0 aromatic heterocycles. The highest BCUT2D eigenvalue weighted by atomic mass is 35.5. The number of ether oxygens (including phenoxy) is 1. The first-order valence-corrected chi connectivity index (χ1v) is 8.80. The number of hydrogen-bond donors (Lipinski definition) is 0. The molecule has 0 N–H and O–H groups in total. The van der Waals surface area contributed by atoms with E-state index in [1.165, 1.54) is 18.2 Å². The molecule has 0 radical (unpaired) electrons. The normalized spacial score (nSPS) is 19.9. The van der Waals surface area contributed by atoms with Gasteiger partial charge in [0.1, 0.15) is 4.90 Å². The van der Waals surface area contributed by atoms with Crippen molar-refractivity contribution in [3.05, 3.63) is 29.0 Å². The van der Waals surface area contributed by atoms with Crippen LogP contribution in [0.15, 0.2) is 23.1 Å². The Morgan fingerprint density at radius 1 is 1.50 bits per heavy atom. The van der Waals surface area contributed by atoms with E-state index in [4.69, 9.17) is 16.3 Å². The Hall–Kier alpha value is -1.18. The standard InChI is InChI=1S/C14H17ClFNO4S/c1-2-21-14(18)10-5-4-8-17(9-10)22(19,20)12-7-3-6-11(15)13(12)16/h3,6-7,10H,2,4-5,8-9H2,1H3/t10-/m0/s1. The average molecular weight is 350 g/mol. The summed E-state index contributed by atoms with van der Waals surface area (Å²) in [4.78, 5) is 11.3. The molecule has 5 nitrogen and oxygen atoms in total. The summed E-state index contributed by atoms with van der Waals surface area (Å²) in [5, 5.41) is -0.250. The van der Waals surface area contributed by atoms with E-state index in [1.54, 1.807) is 6.92 Å². The Labute approximate surface area is 134 Å². The molecule has 1 aromatic rings. The number of halogens is 2. The summed E-state index contributed by atoms with van der Waals surface area (Å²) in [5.41, 5.74) is 0. The lowest BCUT2D eigenvalue weighted by molar-refractivity contribution is -0.149. The molecule has 1 fully saturated rings. The number of nitrogens with zero attached hydrogens (tertiary/aromatic N) is 1. The molecule has 1 aliphatic rings. The number of carbonyl (C=O) groups is 1. The van der Waals surface area contributed by atoms with E-state index < -0.39 is 32.6 Å². The molecule has 0 unspecified atom stereocenters. The van der Waals surface area contributed by atoms with Crippen LogP contribution < -0.4 is 0 Å². The zero-order valence-corrected chi connectivity index (χ0v) is 13.7. The summed E-state index contributed by atoms with van der Waals surface area (Å²) in [6.45, 7) is 2.17. The van der Waals surface area contributed by atoms with Crippen LogP contribution in [0.3, 0.4) is 0 Å². The molecule has 1 aliphatic heterocycles. The second-order valence-corrected chi connectivity index (χ2v) is 7.32. The number of piperidine rings is 1. The highest BCUT2D eigenvalue weighted by Crippen LogP contribution is 2.28. The fourth-order valence-electron chi connectivity index (χ4n) is 2.44. The molecular formula is C14H17ClFNO4S. The molecule has 122 valence electrons. The third-order valence-corrected chi connectivity index (χ3v) is 5.71. The number of esters is 1. The van der Waals surface area contributed by atoms with Gasteiger partial charge in [0.15, 0.2) is 5.82 Å². The van der Waals surface area contributed by atoms with Crippen LogP contribution in [0.25, 0.3) is 0 Å². The smallest absolute Gasteiger partial charge is 0.310 e. The van der Waals surface area contributed by atoms with Crippen molar-refractivity contribution in [1.82, 2.24) is 4.31 Å².